The molecular formula is C15H18N4O4S2. The van der Waals surface area contributed by atoms with Crippen molar-refractivity contribution in [2.24, 2.45) is 5.73 Å². The molecule has 0 atom stereocenters. The zero-order valence-electron chi connectivity index (χ0n) is 13.3. The predicted molar refractivity (Wildman–Crippen MR) is 98.9 cm³/mol. The number of nitrogens with two attached hydrogens (primary N) is 3. The molecule has 0 fully saturated rings. The van der Waals surface area contributed by atoms with Crippen LogP contribution in [-0.2, 0) is 10.1 Å². The highest BCUT2D eigenvalue weighted by atomic mass is 32.2. The fourth-order valence-corrected chi connectivity index (χ4v) is 2.86. The van der Waals surface area contributed by atoms with Crippen LogP contribution >= 0.6 is 11.3 Å². The number of fused-ring (bicyclic) bond motifs is 1. The predicted octanol–water partition coefficient (Wildman–Crippen LogP) is -0.653. The standard InChI is InChI=1S/C14H12N4S.CH4O3S.H2O/c15-10-4-1-8(2-5-10)14-18-11-6-3-9(13(16)17)7-12(11)19-14;1-5(2,3)4;/h1-7H,15H2,(H3,16,17);1H3,(H,2,3,4);1H2. The van der Waals surface area contributed by atoms with Crippen LogP contribution < -0.4 is 16.9 Å². The van der Waals surface area contributed by atoms with E-state index in [9.17, 15) is 0 Å². The number of nitrogen functional groups attached to an aromatic ring is 1. The highest BCUT2D eigenvalue weighted by Gasteiger charge is 2.09. The molecule has 3 rings (SSSR count). The number of hydrogen-bond acceptors (Lipinski definition) is 6. The first kappa shape index (κ1) is 20.5. The summed E-state index contributed by atoms with van der Waals surface area (Å²) in [7, 11) is -3.92. The van der Waals surface area contributed by atoms with Gasteiger partial charge in [0.1, 0.15) is 5.01 Å². The molecule has 0 aliphatic rings. The molecule has 0 saturated heterocycles. The fraction of sp³-hybridized carbons (Fsp3) is 0.0667. The second-order valence-electron chi connectivity index (χ2n) is 4.98. The Morgan fingerprint density at radius 2 is 1.76 bits per heavy atom. The van der Waals surface area contributed by atoms with Gasteiger partial charge >= 0.3 is 0 Å². The van der Waals surface area contributed by atoms with Crippen LogP contribution in [0.25, 0.3) is 20.8 Å². The summed E-state index contributed by atoms with van der Waals surface area (Å²) in [5, 5.41) is 6.56. The maximum atomic E-state index is 9.08. The lowest BCUT2D eigenvalue weighted by atomic mass is 10.2. The molecule has 1 aromatic heterocycles. The number of rotatable bonds is 2. The highest BCUT2D eigenvalue weighted by molar-refractivity contribution is 7.84. The third-order valence-corrected chi connectivity index (χ3v) is 3.95. The van der Waals surface area contributed by atoms with Gasteiger partial charge in [-0.15, -0.1) is 11.3 Å². The van der Waals surface area contributed by atoms with Gasteiger partial charge in [-0.1, -0.05) is 0 Å². The van der Waals surface area contributed by atoms with Crippen molar-refractivity contribution in [2.75, 3.05) is 12.0 Å². The fourth-order valence-electron chi connectivity index (χ4n) is 1.85. The molecule has 134 valence electrons. The molecule has 3 aromatic rings. The first-order valence-electron chi connectivity index (χ1n) is 6.69. The molecule has 8 N–H and O–H groups in total. The number of aromatic nitrogens is 1. The van der Waals surface area contributed by atoms with E-state index in [0.717, 1.165) is 32.0 Å². The van der Waals surface area contributed by atoms with Gasteiger partial charge in [0.15, 0.2) is 0 Å². The summed E-state index contributed by atoms with van der Waals surface area (Å²) in [4.78, 5) is 4.60. The summed E-state index contributed by atoms with van der Waals surface area (Å²) in [6, 6.07) is 13.5. The van der Waals surface area contributed by atoms with Crippen LogP contribution in [-0.4, -0.2) is 35.5 Å². The largest absolute Gasteiger partial charge is 0.748 e. The number of thiazole rings is 1. The molecule has 0 saturated carbocycles. The first-order chi connectivity index (χ1) is 11.1. The van der Waals surface area contributed by atoms with Gasteiger partial charge in [0.05, 0.1) is 25.9 Å². The van der Waals surface area contributed by atoms with Crippen molar-refractivity contribution >= 4 is 43.2 Å². The lowest BCUT2D eigenvalue weighted by Gasteiger charge is -1.95. The Morgan fingerprint density at radius 1 is 1.20 bits per heavy atom. The molecule has 0 amide bonds. The van der Waals surface area contributed by atoms with Gasteiger partial charge in [0.25, 0.3) is 5.84 Å². The van der Waals surface area contributed by atoms with Crippen LogP contribution in [0.1, 0.15) is 5.56 Å². The third-order valence-electron chi connectivity index (χ3n) is 2.88. The van der Waals surface area contributed by atoms with Gasteiger partial charge < -0.3 is 15.8 Å². The monoisotopic (exact) mass is 382 g/mol. The first-order valence-corrected chi connectivity index (χ1v) is 9.32. The molecule has 0 aliphatic carbocycles. The van der Waals surface area contributed by atoms with Crippen LogP contribution in [0.3, 0.4) is 0 Å². The zero-order chi connectivity index (χ0) is 17.9. The van der Waals surface area contributed by atoms with E-state index in [1.54, 1.807) is 11.3 Å². The average Bonchev–Trinajstić information content (AvgIpc) is 2.89. The van der Waals surface area contributed by atoms with Crippen molar-refractivity contribution in [1.29, 1.82) is 0 Å². The van der Waals surface area contributed by atoms with Crippen LogP contribution in [0.15, 0.2) is 42.5 Å². The lowest BCUT2D eigenvalue weighted by Crippen LogP contribution is -2.46. The van der Waals surface area contributed by atoms with E-state index >= 15 is 0 Å². The second kappa shape index (κ2) is 8.03. The number of anilines is 1. The second-order valence-corrected chi connectivity index (χ2v) is 7.42. The molecule has 0 radical (unpaired) electrons. The van der Waals surface area contributed by atoms with Gasteiger partial charge in [-0.05, 0) is 42.5 Å². The van der Waals surface area contributed by atoms with E-state index in [0.29, 0.717) is 12.1 Å². The van der Waals surface area contributed by atoms with Gasteiger partial charge in [-0.3, -0.25) is 11.1 Å². The van der Waals surface area contributed by atoms with Crippen molar-refractivity contribution in [1.82, 2.24) is 4.98 Å². The number of hydrogen-bond donors (Lipinski definition) is 3. The molecular weight excluding hydrogens is 364 g/mol. The number of amidine groups is 1. The molecule has 0 spiro atoms. The lowest BCUT2D eigenvalue weighted by molar-refractivity contribution is -0.114. The van der Waals surface area contributed by atoms with Crippen molar-refractivity contribution < 1.29 is 23.9 Å². The van der Waals surface area contributed by atoms with E-state index in [-0.39, 0.29) is 5.48 Å². The third kappa shape index (κ3) is 6.12. The summed E-state index contributed by atoms with van der Waals surface area (Å²) >= 11 is 1.61. The molecule has 0 aliphatic heterocycles. The molecule has 25 heavy (non-hydrogen) atoms. The van der Waals surface area contributed by atoms with Crippen LogP contribution in [0.2, 0.25) is 0 Å². The Bertz CT molecular complexity index is 974. The van der Waals surface area contributed by atoms with Crippen LogP contribution in [0, 0.1) is 0 Å². The van der Waals surface area contributed by atoms with Crippen molar-refractivity contribution in [2.45, 2.75) is 0 Å². The molecule has 10 heteroatoms. The molecule has 0 bridgehead atoms. The smallest absolute Gasteiger partial charge is 0.270 e. The molecule has 0 unspecified atom stereocenters. The summed E-state index contributed by atoms with van der Waals surface area (Å²) in [6.45, 7) is 0. The van der Waals surface area contributed by atoms with Gasteiger partial charge in [0, 0.05) is 17.5 Å². The summed E-state index contributed by atoms with van der Waals surface area (Å²) < 4.78 is 28.3. The zero-order valence-corrected chi connectivity index (χ0v) is 14.9. The van der Waals surface area contributed by atoms with Gasteiger partial charge in [0.2, 0.25) is 0 Å². The minimum atomic E-state index is -3.92. The molecule has 1 heterocycles. The summed E-state index contributed by atoms with van der Waals surface area (Å²) in [5.74, 6) is 0.323. The van der Waals surface area contributed by atoms with Crippen LogP contribution in [0.4, 0.5) is 5.69 Å². The van der Waals surface area contributed by atoms with E-state index in [1.807, 2.05) is 42.5 Å². The van der Waals surface area contributed by atoms with Gasteiger partial charge in [-0.25, -0.2) is 13.4 Å². The minimum Gasteiger partial charge on any atom is -0.748 e. The Balaban J connectivity index is 0.000000462. The average molecular weight is 382 g/mol. The van der Waals surface area contributed by atoms with E-state index in [4.69, 9.17) is 29.8 Å². The van der Waals surface area contributed by atoms with Crippen molar-refractivity contribution in [3.8, 4) is 10.6 Å². The maximum absolute atomic E-state index is 9.08. The van der Waals surface area contributed by atoms with E-state index in [1.165, 1.54) is 0 Å². The molecule has 8 nitrogen and oxygen atoms in total. The summed E-state index contributed by atoms with van der Waals surface area (Å²) in [6.07, 6.45) is 0.604. The topological polar surface area (TPSA) is 179 Å². The van der Waals surface area contributed by atoms with E-state index in [2.05, 4.69) is 4.98 Å². The number of nitrogens with zero attached hydrogens (tertiary/aromatic N) is 1. The van der Waals surface area contributed by atoms with Crippen molar-refractivity contribution in [3.05, 3.63) is 48.0 Å². The van der Waals surface area contributed by atoms with Crippen molar-refractivity contribution in [3.63, 3.8) is 0 Å². The normalized spacial score (nSPS) is 10.5. The highest BCUT2D eigenvalue weighted by Crippen LogP contribution is 2.30. The minimum absolute atomic E-state index is 0. The van der Waals surface area contributed by atoms with Gasteiger partial charge in [-0.2, -0.15) is 0 Å². The quantitative estimate of drug-likeness (QED) is 0.229. The Hall–Kier alpha value is -2.53. The Kier molecular flexibility index (Phi) is 6.59. The Morgan fingerprint density at radius 3 is 2.28 bits per heavy atom. The van der Waals surface area contributed by atoms with E-state index < -0.39 is 10.1 Å². The SMILES string of the molecule is CS(=O)(=O)[O-].NC(=[NH2+])c1ccc2nc(-c3ccc(N)cc3)sc2c1.O. The summed E-state index contributed by atoms with van der Waals surface area (Å²) in [5.41, 5.74) is 14.9. The van der Waals surface area contributed by atoms with Crippen LogP contribution in [0.5, 0.6) is 0 Å². The molecule has 2 aromatic carbocycles. The Labute approximate surface area is 148 Å². The maximum Gasteiger partial charge on any atom is 0.270 e. The number of benzene rings is 2.